The van der Waals surface area contributed by atoms with Crippen LogP contribution in [-0.4, -0.2) is 70.0 Å². The average Bonchev–Trinajstić information content (AvgIpc) is 3.41. The maximum absolute atomic E-state index is 12.9. The maximum atomic E-state index is 12.9. The quantitative estimate of drug-likeness (QED) is 0.129. The van der Waals surface area contributed by atoms with E-state index in [9.17, 15) is 14.7 Å². The molecule has 3 atom stereocenters. The summed E-state index contributed by atoms with van der Waals surface area (Å²) in [5, 5.41) is 19.5. The molecule has 2 amide bonds. The Labute approximate surface area is 220 Å². The van der Waals surface area contributed by atoms with Gasteiger partial charge in [0.2, 0.25) is 0 Å². The number of anilines is 1. The number of nitrogen functional groups attached to an aromatic ring is 1. The molecule has 32 heavy (non-hydrogen) atoms. The van der Waals surface area contributed by atoms with Crippen molar-refractivity contribution >= 4 is 63.0 Å². The second-order valence-corrected chi connectivity index (χ2v) is 9.59. The smallest absolute Gasteiger partial charge is 0.863 e. The SMILES string of the molecule is CO/N=C(\C(=O)NC1C(=O)N2C(C([O-])=S)=C(CC3CCOC3)CS[C@H]12)c1csc(N)n1.[Na+]. The van der Waals surface area contributed by atoms with E-state index in [1.54, 1.807) is 5.38 Å². The van der Waals surface area contributed by atoms with E-state index in [4.69, 9.17) is 27.5 Å². The van der Waals surface area contributed by atoms with Gasteiger partial charge in [-0.3, -0.25) is 14.5 Å². The number of thiocarbonyl (C=S) groups is 1. The number of amides is 2. The summed E-state index contributed by atoms with van der Waals surface area (Å²) in [6.45, 7) is 1.35. The first-order chi connectivity index (χ1) is 14.9. The minimum Gasteiger partial charge on any atom is -0.863 e. The van der Waals surface area contributed by atoms with Crippen LogP contribution in [0.4, 0.5) is 5.13 Å². The van der Waals surface area contributed by atoms with E-state index < -0.39 is 22.4 Å². The number of ether oxygens (including phenoxy) is 1. The molecule has 2 unspecified atom stereocenters. The van der Waals surface area contributed by atoms with Crippen LogP contribution in [0.25, 0.3) is 0 Å². The molecule has 0 radical (unpaired) electrons. The summed E-state index contributed by atoms with van der Waals surface area (Å²) < 4.78 is 5.42. The van der Waals surface area contributed by atoms with Crippen molar-refractivity contribution in [3.05, 3.63) is 22.3 Å². The maximum Gasteiger partial charge on any atom is 1.00 e. The molecule has 4 heterocycles. The number of β-lactam (4-membered cyclic amide) rings is 1. The van der Waals surface area contributed by atoms with Gasteiger partial charge in [0.25, 0.3) is 11.8 Å². The molecule has 1 aromatic heterocycles. The number of hydrogen-bond donors (Lipinski definition) is 2. The summed E-state index contributed by atoms with van der Waals surface area (Å²) in [7, 11) is 1.30. The van der Waals surface area contributed by atoms with Gasteiger partial charge in [-0.2, -0.15) is 0 Å². The topological polar surface area (TPSA) is 142 Å². The van der Waals surface area contributed by atoms with Crippen LogP contribution in [0, 0.1) is 5.92 Å². The van der Waals surface area contributed by atoms with Gasteiger partial charge in [0.15, 0.2) is 10.8 Å². The average molecular weight is 506 g/mol. The van der Waals surface area contributed by atoms with Crippen LogP contribution in [0.1, 0.15) is 18.5 Å². The fourth-order valence-electron chi connectivity index (χ4n) is 3.82. The Morgan fingerprint density at radius 2 is 2.34 bits per heavy atom. The zero-order valence-electron chi connectivity index (χ0n) is 17.5. The van der Waals surface area contributed by atoms with E-state index >= 15 is 0 Å². The van der Waals surface area contributed by atoms with E-state index in [-0.39, 0.29) is 57.7 Å². The third-order valence-corrected chi connectivity index (χ3v) is 7.46. The van der Waals surface area contributed by atoms with E-state index in [1.807, 2.05) is 0 Å². The van der Waals surface area contributed by atoms with Crippen LogP contribution in [-0.2, 0) is 19.2 Å². The number of aromatic nitrogens is 1. The fourth-order valence-corrected chi connectivity index (χ4v) is 5.98. The summed E-state index contributed by atoms with van der Waals surface area (Å²) in [6, 6.07) is -0.809. The van der Waals surface area contributed by atoms with E-state index in [2.05, 4.69) is 15.5 Å². The predicted octanol–water partition coefficient (Wildman–Crippen LogP) is -3.15. The van der Waals surface area contributed by atoms with Crippen LogP contribution >= 0.6 is 35.3 Å². The van der Waals surface area contributed by atoms with Gasteiger partial charge in [-0.1, -0.05) is 17.4 Å². The molecule has 0 aromatic carbocycles. The van der Waals surface area contributed by atoms with Crippen molar-refractivity contribution < 1.29 is 53.8 Å². The molecule has 0 saturated carbocycles. The number of nitrogens with two attached hydrogens (primary N) is 1. The number of thioether (sulfide) groups is 1. The third kappa shape index (κ3) is 4.98. The molecule has 10 nitrogen and oxygen atoms in total. The van der Waals surface area contributed by atoms with Crippen molar-refractivity contribution in [1.82, 2.24) is 15.2 Å². The first-order valence-electron chi connectivity index (χ1n) is 9.49. The Morgan fingerprint density at radius 3 is 2.94 bits per heavy atom. The molecule has 3 aliphatic rings. The number of thiazole rings is 1. The molecule has 2 saturated heterocycles. The van der Waals surface area contributed by atoms with Gasteiger partial charge in [-0.15, -0.1) is 23.1 Å². The van der Waals surface area contributed by atoms with Gasteiger partial charge < -0.3 is 25.7 Å². The summed E-state index contributed by atoms with van der Waals surface area (Å²) in [5.74, 6) is -0.110. The Hall–Kier alpha value is -1.22. The molecule has 3 aliphatic heterocycles. The molecular formula is C18H20N5NaO5S3. The predicted molar refractivity (Wildman–Crippen MR) is 118 cm³/mol. The number of carbonyl (C=O) groups is 2. The van der Waals surface area contributed by atoms with Gasteiger partial charge in [0, 0.05) is 30.0 Å². The zero-order chi connectivity index (χ0) is 22.1. The first-order valence-corrected chi connectivity index (χ1v) is 11.8. The largest absolute Gasteiger partial charge is 1.00 e. The Morgan fingerprint density at radius 1 is 1.56 bits per heavy atom. The molecule has 4 rings (SSSR count). The number of rotatable bonds is 7. The van der Waals surface area contributed by atoms with Gasteiger partial charge in [0.1, 0.15) is 24.2 Å². The molecule has 0 spiro atoms. The van der Waals surface area contributed by atoms with E-state index in [1.165, 1.54) is 23.8 Å². The summed E-state index contributed by atoms with van der Waals surface area (Å²) in [4.78, 5) is 35.9. The standard InChI is InChI=1S/C18H21N5O5S3.Na/c1-27-22-11(10-7-31-18(19)20-10)14(24)21-12-15(25)23-13(17(26)29)9(6-30-16(12)23)4-8-2-3-28-5-8;/h7-8,12,16H,2-6H2,1H3,(H2,19,20)(H,21,24)(H,26,29);/q;+1/p-1/b22-11-;/t8?,12?,16-;/m1./s1. The normalized spacial score (nSPS) is 25.0. The minimum absolute atomic E-state index is 0. The third-order valence-electron chi connectivity index (χ3n) is 5.25. The van der Waals surface area contributed by atoms with Crippen molar-refractivity contribution in [3.63, 3.8) is 0 Å². The number of hydrogen-bond acceptors (Lipinski definition) is 11. The number of carbonyl (C=O) groups excluding carboxylic acids is 2. The number of oxime groups is 1. The van der Waals surface area contributed by atoms with Gasteiger partial charge >= 0.3 is 29.6 Å². The fraction of sp³-hybridized carbons (Fsp3) is 0.500. The van der Waals surface area contributed by atoms with Gasteiger partial charge in [0.05, 0.1) is 0 Å². The Bertz CT molecular complexity index is 978. The molecule has 1 aromatic rings. The van der Waals surface area contributed by atoms with E-state index in [0.29, 0.717) is 31.3 Å². The first kappa shape index (κ1) is 25.4. The Balaban J connectivity index is 0.00000289. The molecule has 14 heteroatoms. The monoisotopic (exact) mass is 505 g/mol. The number of fused-ring (bicyclic) bond motifs is 1. The van der Waals surface area contributed by atoms with Crippen LogP contribution < -0.4 is 45.7 Å². The van der Waals surface area contributed by atoms with Crippen LogP contribution in [0.5, 0.6) is 0 Å². The zero-order valence-corrected chi connectivity index (χ0v) is 22.0. The van der Waals surface area contributed by atoms with Gasteiger partial charge in [-0.25, -0.2) is 4.98 Å². The van der Waals surface area contributed by atoms with Crippen molar-refractivity contribution in [1.29, 1.82) is 0 Å². The van der Waals surface area contributed by atoms with Crippen LogP contribution in [0.3, 0.4) is 0 Å². The minimum atomic E-state index is -0.809. The molecular weight excluding hydrogens is 485 g/mol. The van der Waals surface area contributed by atoms with Crippen LogP contribution in [0.2, 0.25) is 0 Å². The van der Waals surface area contributed by atoms with Gasteiger partial charge in [-0.05, 0) is 29.4 Å². The molecule has 3 N–H and O–H groups in total. The summed E-state index contributed by atoms with van der Waals surface area (Å²) in [6.07, 6.45) is 1.60. The second kappa shape index (κ2) is 10.8. The molecule has 166 valence electrons. The van der Waals surface area contributed by atoms with Crippen LogP contribution in [0.15, 0.2) is 21.8 Å². The molecule has 2 fully saturated rings. The Kier molecular flexibility index (Phi) is 8.58. The number of nitrogens with one attached hydrogen (secondary N) is 1. The summed E-state index contributed by atoms with van der Waals surface area (Å²) >= 11 is 7.58. The van der Waals surface area contributed by atoms with Crippen molar-refractivity contribution in [2.24, 2.45) is 11.1 Å². The van der Waals surface area contributed by atoms with Crippen molar-refractivity contribution in [3.8, 4) is 0 Å². The summed E-state index contributed by atoms with van der Waals surface area (Å²) in [5.41, 5.74) is 6.95. The molecule has 0 aliphatic carbocycles. The number of nitrogens with zero attached hydrogens (tertiary/aromatic N) is 3. The van der Waals surface area contributed by atoms with Crippen molar-refractivity contribution in [2.75, 3.05) is 31.8 Å². The molecule has 0 bridgehead atoms. The van der Waals surface area contributed by atoms with E-state index in [0.717, 1.165) is 23.3 Å². The van der Waals surface area contributed by atoms with Crippen molar-refractivity contribution in [2.45, 2.75) is 24.3 Å². The second-order valence-electron chi connectivity index (χ2n) is 7.23.